The molecule has 2 aromatic carbocycles. The second kappa shape index (κ2) is 7.54. The summed E-state index contributed by atoms with van der Waals surface area (Å²) in [6.07, 6.45) is 3.23. The summed E-state index contributed by atoms with van der Waals surface area (Å²) in [5, 5.41) is 14.2. The lowest BCUT2D eigenvalue weighted by Crippen LogP contribution is -1.99. The largest absolute Gasteiger partial charge is 0.481 e. The zero-order valence-electron chi connectivity index (χ0n) is 14.5. The first kappa shape index (κ1) is 19.1. The number of aryl methyl sites for hydroxylation is 1. The van der Waals surface area contributed by atoms with Gasteiger partial charge < -0.3 is 5.11 Å². The molecular weight excluding hydrogens is 388 g/mol. The molecule has 140 valence electrons. The zero-order valence-corrected chi connectivity index (χ0v) is 16.0. The molecule has 0 aliphatic carbocycles. The summed E-state index contributed by atoms with van der Waals surface area (Å²) in [5.74, 6) is -0.887. The van der Waals surface area contributed by atoms with Crippen LogP contribution in [-0.4, -0.2) is 35.5 Å². The van der Waals surface area contributed by atoms with Crippen molar-refractivity contribution < 1.29 is 18.3 Å². The van der Waals surface area contributed by atoms with E-state index in [1.165, 1.54) is 12.1 Å². The minimum absolute atomic E-state index is 0.0146. The maximum absolute atomic E-state index is 11.6. The molecule has 3 aromatic rings. The van der Waals surface area contributed by atoms with Crippen molar-refractivity contribution >= 4 is 27.4 Å². The molecule has 8 heteroatoms. The number of aliphatic carboxylic acids is 1. The minimum atomic E-state index is -3.28. The van der Waals surface area contributed by atoms with Crippen molar-refractivity contribution in [1.29, 1.82) is 0 Å². The normalized spacial score (nSPS) is 11.5. The minimum Gasteiger partial charge on any atom is -0.481 e. The number of benzene rings is 2. The second-order valence-corrected chi connectivity index (χ2v) is 8.57. The van der Waals surface area contributed by atoms with E-state index < -0.39 is 15.8 Å². The maximum atomic E-state index is 11.6. The Morgan fingerprint density at radius 1 is 1.11 bits per heavy atom. The van der Waals surface area contributed by atoms with Crippen molar-refractivity contribution in [2.45, 2.75) is 17.7 Å². The van der Waals surface area contributed by atoms with Gasteiger partial charge in [0, 0.05) is 29.5 Å². The van der Waals surface area contributed by atoms with Crippen LogP contribution >= 0.6 is 11.6 Å². The first-order valence-electron chi connectivity index (χ1n) is 8.11. The summed E-state index contributed by atoms with van der Waals surface area (Å²) in [6.45, 7) is 0. The molecule has 0 saturated carbocycles. The lowest BCUT2D eigenvalue weighted by Gasteiger charge is -2.03. The number of carboxylic acid groups (broad SMARTS) is 1. The van der Waals surface area contributed by atoms with Gasteiger partial charge in [0.05, 0.1) is 16.3 Å². The zero-order chi connectivity index (χ0) is 19.6. The third-order valence-corrected chi connectivity index (χ3v) is 5.43. The Labute approximate surface area is 161 Å². The van der Waals surface area contributed by atoms with Gasteiger partial charge in [0.25, 0.3) is 0 Å². The number of aromatic nitrogens is 2. The van der Waals surface area contributed by atoms with Crippen molar-refractivity contribution in [3.8, 4) is 16.9 Å². The molecule has 0 aliphatic rings. The third-order valence-electron chi connectivity index (χ3n) is 4.05. The molecule has 0 amide bonds. The number of hydrogen-bond acceptors (Lipinski definition) is 4. The number of sulfone groups is 1. The molecule has 0 radical (unpaired) electrons. The van der Waals surface area contributed by atoms with Crippen molar-refractivity contribution in [3.05, 3.63) is 65.3 Å². The van der Waals surface area contributed by atoms with Crippen molar-refractivity contribution in [1.82, 2.24) is 9.78 Å². The van der Waals surface area contributed by atoms with E-state index in [1.807, 2.05) is 12.1 Å². The Balaban J connectivity index is 2.02. The highest BCUT2D eigenvalue weighted by Gasteiger charge is 2.14. The summed E-state index contributed by atoms with van der Waals surface area (Å²) in [5.41, 5.74) is 2.96. The van der Waals surface area contributed by atoms with Gasteiger partial charge in [-0.25, -0.2) is 13.1 Å². The van der Waals surface area contributed by atoms with E-state index in [0.29, 0.717) is 22.8 Å². The molecule has 0 fully saturated rings. The van der Waals surface area contributed by atoms with Crippen LogP contribution in [0.15, 0.2) is 59.6 Å². The molecule has 0 spiro atoms. The number of hydrogen-bond donors (Lipinski definition) is 1. The first-order chi connectivity index (χ1) is 12.7. The Kier molecular flexibility index (Phi) is 5.34. The van der Waals surface area contributed by atoms with Crippen LogP contribution in [0.3, 0.4) is 0 Å². The molecule has 27 heavy (non-hydrogen) atoms. The molecule has 0 unspecified atom stereocenters. The van der Waals surface area contributed by atoms with E-state index in [1.54, 1.807) is 35.1 Å². The Bertz CT molecular complexity index is 1070. The summed E-state index contributed by atoms with van der Waals surface area (Å²) < 4.78 is 24.8. The van der Waals surface area contributed by atoms with Gasteiger partial charge in [-0.15, -0.1) is 0 Å². The smallest absolute Gasteiger partial charge is 0.303 e. The van der Waals surface area contributed by atoms with Gasteiger partial charge in [-0.3, -0.25) is 4.79 Å². The average Bonchev–Trinajstić information content (AvgIpc) is 3.04. The van der Waals surface area contributed by atoms with Crippen LogP contribution in [0.5, 0.6) is 0 Å². The fraction of sp³-hybridized carbons (Fsp3) is 0.158. The van der Waals surface area contributed by atoms with Crippen LogP contribution in [0.4, 0.5) is 0 Å². The predicted molar refractivity (Wildman–Crippen MR) is 103 cm³/mol. The lowest BCUT2D eigenvalue weighted by molar-refractivity contribution is -0.136. The van der Waals surface area contributed by atoms with Gasteiger partial charge in [-0.2, -0.15) is 5.10 Å². The number of halogens is 1. The van der Waals surface area contributed by atoms with E-state index in [0.717, 1.165) is 17.4 Å². The number of rotatable bonds is 6. The first-order valence-corrected chi connectivity index (χ1v) is 10.4. The predicted octanol–water partition coefficient (Wildman–Crippen LogP) is 3.61. The highest BCUT2D eigenvalue weighted by atomic mass is 35.5. The van der Waals surface area contributed by atoms with Crippen LogP contribution in [-0.2, 0) is 21.1 Å². The van der Waals surface area contributed by atoms with Crippen LogP contribution in [0.1, 0.15) is 12.0 Å². The number of nitrogens with zero attached hydrogens (tertiary/aromatic N) is 2. The Morgan fingerprint density at radius 3 is 2.30 bits per heavy atom. The monoisotopic (exact) mass is 404 g/mol. The molecule has 1 aromatic heterocycles. The highest BCUT2D eigenvalue weighted by molar-refractivity contribution is 7.90. The van der Waals surface area contributed by atoms with E-state index >= 15 is 0 Å². The van der Waals surface area contributed by atoms with E-state index in [2.05, 4.69) is 5.10 Å². The van der Waals surface area contributed by atoms with Crippen molar-refractivity contribution in [2.24, 2.45) is 0 Å². The topological polar surface area (TPSA) is 89.3 Å². The van der Waals surface area contributed by atoms with Gasteiger partial charge in [0.2, 0.25) is 0 Å². The molecule has 3 rings (SSSR count). The third kappa shape index (κ3) is 4.56. The maximum Gasteiger partial charge on any atom is 0.303 e. The SMILES string of the molecule is CS(=O)(=O)c1ccc(-n2cc(CCC(=O)O)c(-c3ccc(Cl)cc3)n2)cc1. The number of carbonyl (C=O) groups is 1. The summed E-state index contributed by atoms with van der Waals surface area (Å²) in [7, 11) is -3.28. The van der Waals surface area contributed by atoms with Gasteiger partial charge >= 0.3 is 5.97 Å². The van der Waals surface area contributed by atoms with Crippen LogP contribution < -0.4 is 0 Å². The molecule has 0 aliphatic heterocycles. The van der Waals surface area contributed by atoms with E-state index in [4.69, 9.17) is 16.7 Å². The highest BCUT2D eigenvalue weighted by Crippen LogP contribution is 2.26. The molecule has 0 atom stereocenters. The van der Waals surface area contributed by atoms with Gasteiger partial charge in [0.15, 0.2) is 9.84 Å². The Morgan fingerprint density at radius 2 is 1.74 bits per heavy atom. The molecule has 0 saturated heterocycles. The average molecular weight is 405 g/mol. The van der Waals surface area contributed by atoms with Crippen LogP contribution in [0.2, 0.25) is 5.02 Å². The summed E-state index contributed by atoms with van der Waals surface area (Å²) in [6, 6.07) is 13.5. The van der Waals surface area contributed by atoms with Crippen LogP contribution in [0.25, 0.3) is 16.9 Å². The standard InChI is InChI=1S/C19H17ClN2O4S/c1-27(25,26)17-9-7-16(8-10-17)22-12-14(4-11-18(23)24)19(21-22)13-2-5-15(20)6-3-13/h2-3,5-10,12H,4,11H2,1H3,(H,23,24). The quantitative estimate of drug-likeness (QED) is 0.677. The molecule has 1 heterocycles. The molecule has 0 bridgehead atoms. The van der Waals surface area contributed by atoms with Gasteiger partial charge in [-0.1, -0.05) is 23.7 Å². The van der Waals surface area contributed by atoms with Gasteiger partial charge in [0.1, 0.15) is 0 Å². The fourth-order valence-corrected chi connectivity index (χ4v) is 3.42. The fourth-order valence-electron chi connectivity index (χ4n) is 2.66. The number of carboxylic acids is 1. The second-order valence-electron chi connectivity index (χ2n) is 6.11. The Hall–Kier alpha value is -2.64. The summed E-state index contributed by atoms with van der Waals surface area (Å²) in [4.78, 5) is 11.2. The molecule has 6 nitrogen and oxygen atoms in total. The van der Waals surface area contributed by atoms with Crippen molar-refractivity contribution in [3.63, 3.8) is 0 Å². The van der Waals surface area contributed by atoms with Crippen molar-refractivity contribution in [2.75, 3.05) is 6.26 Å². The van der Waals surface area contributed by atoms with E-state index in [-0.39, 0.29) is 11.3 Å². The molecular formula is C19H17ClN2O4S. The van der Waals surface area contributed by atoms with Crippen LogP contribution in [0, 0.1) is 0 Å². The lowest BCUT2D eigenvalue weighted by atomic mass is 10.0. The molecule has 1 N–H and O–H groups in total. The van der Waals surface area contributed by atoms with Gasteiger partial charge in [-0.05, 0) is 48.4 Å². The summed E-state index contributed by atoms with van der Waals surface area (Å²) >= 11 is 5.94. The van der Waals surface area contributed by atoms with E-state index in [9.17, 15) is 13.2 Å².